The molecule has 1 aromatic rings. The largest absolute Gasteiger partial charge is 0.465 e. The Kier molecular flexibility index (Phi) is 4.72. The summed E-state index contributed by atoms with van der Waals surface area (Å²) in [7, 11) is 1.05. The highest BCUT2D eigenvalue weighted by atomic mass is 32.1. The third-order valence-corrected chi connectivity index (χ3v) is 3.64. The van der Waals surface area contributed by atoms with E-state index in [1.54, 1.807) is 0 Å². The summed E-state index contributed by atoms with van der Waals surface area (Å²) in [5.74, 6) is -1.01. The molecule has 1 aromatic heterocycles. The third kappa shape index (κ3) is 2.57. The molecule has 0 aromatic carbocycles. The molecule has 0 unspecified atom stereocenters. The maximum absolute atomic E-state index is 12.0. The summed E-state index contributed by atoms with van der Waals surface area (Å²) in [4.78, 5) is 35.4. The van der Waals surface area contributed by atoms with Gasteiger partial charge in [-0.3, -0.25) is 9.36 Å². The first-order valence-electron chi connectivity index (χ1n) is 6.11. The normalized spacial score (nSPS) is 27.9. The zero-order valence-corrected chi connectivity index (χ0v) is 12.2. The van der Waals surface area contributed by atoms with Crippen molar-refractivity contribution in [3.8, 4) is 0 Å². The second-order valence-corrected chi connectivity index (χ2v) is 4.97. The molecule has 1 aliphatic heterocycles. The number of aromatic nitrogens is 2. The number of aliphatic hydroxyl groups excluding tert-OH is 3. The molecule has 0 spiro atoms. The summed E-state index contributed by atoms with van der Waals surface area (Å²) < 4.78 is 10.7. The molecule has 0 amide bonds. The Morgan fingerprint density at radius 3 is 2.55 bits per heavy atom. The molecule has 11 heteroatoms. The van der Waals surface area contributed by atoms with E-state index in [1.165, 1.54) is 0 Å². The van der Waals surface area contributed by atoms with Gasteiger partial charge in [0, 0.05) is 6.20 Å². The Hall–Kier alpha value is -1.66. The van der Waals surface area contributed by atoms with Crippen LogP contribution >= 0.6 is 12.8 Å². The molecule has 10 nitrogen and oxygen atoms in total. The number of thiol groups is 1. The Morgan fingerprint density at radius 2 is 2.05 bits per heavy atom. The molecule has 3 N–H and O–H groups in total. The van der Waals surface area contributed by atoms with Crippen LogP contribution in [0.5, 0.6) is 0 Å². The van der Waals surface area contributed by atoms with Crippen molar-refractivity contribution in [1.29, 1.82) is 0 Å². The number of carbonyl (C=O) groups excluding carboxylic acids is 1. The monoisotopic (exact) mass is 334 g/mol. The second kappa shape index (κ2) is 6.22. The lowest BCUT2D eigenvalue weighted by Gasteiger charge is -2.18. The third-order valence-electron chi connectivity index (χ3n) is 3.29. The van der Waals surface area contributed by atoms with Crippen molar-refractivity contribution in [2.45, 2.75) is 24.5 Å². The highest BCUT2D eigenvalue weighted by Crippen LogP contribution is 2.28. The van der Waals surface area contributed by atoms with Crippen LogP contribution in [0.2, 0.25) is 0 Å². The molecule has 1 aliphatic rings. The lowest BCUT2D eigenvalue weighted by Crippen LogP contribution is -2.42. The van der Waals surface area contributed by atoms with Crippen molar-refractivity contribution < 1.29 is 29.6 Å². The van der Waals surface area contributed by atoms with Crippen LogP contribution in [0.3, 0.4) is 0 Å². The van der Waals surface area contributed by atoms with Gasteiger partial charge in [0.1, 0.15) is 23.9 Å². The van der Waals surface area contributed by atoms with Crippen molar-refractivity contribution >= 4 is 18.8 Å². The van der Waals surface area contributed by atoms with Crippen LogP contribution in [0.1, 0.15) is 16.6 Å². The molecule has 0 saturated carbocycles. The summed E-state index contributed by atoms with van der Waals surface area (Å²) in [6, 6.07) is 0. The van der Waals surface area contributed by atoms with Crippen LogP contribution in [0, 0.1) is 0 Å². The number of ether oxygens (including phenoxy) is 2. The van der Waals surface area contributed by atoms with Crippen LogP contribution in [-0.4, -0.2) is 61.9 Å². The molecule has 2 rings (SSSR count). The summed E-state index contributed by atoms with van der Waals surface area (Å²) in [6.07, 6.45) is -4.66. The summed E-state index contributed by atoms with van der Waals surface area (Å²) in [5.41, 5.74) is -2.49. The average molecular weight is 334 g/mol. The first kappa shape index (κ1) is 16.7. The fourth-order valence-corrected chi connectivity index (χ4v) is 2.31. The van der Waals surface area contributed by atoms with Crippen LogP contribution < -0.4 is 11.2 Å². The average Bonchev–Trinajstić information content (AvgIpc) is 2.80. The lowest BCUT2D eigenvalue weighted by atomic mass is 10.1. The number of aliphatic hydroxyl groups is 3. The first-order valence-corrected chi connectivity index (χ1v) is 6.51. The minimum Gasteiger partial charge on any atom is -0.465 e. The smallest absolute Gasteiger partial charge is 0.345 e. The van der Waals surface area contributed by atoms with Crippen LogP contribution in [0.25, 0.3) is 0 Å². The van der Waals surface area contributed by atoms with Crippen molar-refractivity contribution in [3.63, 3.8) is 0 Å². The van der Waals surface area contributed by atoms with E-state index in [2.05, 4.69) is 17.6 Å². The highest BCUT2D eigenvalue weighted by molar-refractivity contribution is 7.78. The number of nitrogens with zero attached hydrogens (tertiary/aromatic N) is 2. The SMILES string of the molecule is COC(=O)c1cn([C@@H]2O[C@H](CO)[C@@H](O)[C@H]2O)c(=O)n(S)c1=O. The van der Waals surface area contributed by atoms with E-state index in [0.717, 1.165) is 17.9 Å². The van der Waals surface area contributed by atoms with Gasteiger partial charge in [-0.15, -0.1) is 0 Å². The maximum Gasteiger partial charge on any atom is 0.345 e. The van der Waals surface area contributed by atoms with Crippen LogP contribution in [0.4, 0.5) is 0 Å². The fraction of sp³-hybridized carbons (Fsp3) is 0.545. The van der Waals surface area contributed by atoms with Gasteiger partial charge in [0.15, 0.2) is 6.23 Å². The summed E-state index contributed by atoms with van der Waals surface area (Å²) in [5, 5.41) is 28.6. The number of hydrogen-bond acceptors (Lipinski definition) is 9. The minimum atomic E-state index is -1.55. The zero-order chi connectivity index (χ0) is 16.6. The topological polar surface area (TPSA) is 140 Å². The van der Waals surface area contributed by atoms with Crippen molar-refractivity contribution in [2.75, 3.05) is 13.7 Å². The predicted octanol–water partition coefficient (Wildman–Crippen LogP) is -2.90. The Bertz CT molecular complexity index is 698. The van der Waals surface area contributed by atoms with Gasteiger partial charge in [-0.05, 0) is 0 Å². The number of rotatable bonds is 3. The van der Waals surface area contributed by atoms with E-state index in [-0.39, 0.29) is 0 Å². The molecule has 0 radical (unpaired) electrons. The minimum absolute atomic E-state index is 0.348. The molecule has 4 atom stereocenters. The van der Waals surface area contributed by atoms with E-state index >= 15 is 0 Å². The number of esters is 1. The maximum atomic E-state index is 12.0. The predicted molar refractivity (Wildman–Crippen MR) is 73.7 cm³/mol. The highest BCUT2D eigenvalue weighted by Gasteiger charge is 2.44. The Labute approximate surface area is 128 Å². The van der Waals surface area contributed by atoms with E-state index in [0.29, 0.717) is 3.97 Å². The van der Waals surface area contributed by atoms with Gasteiger partial charge in [0.2, 0.25) is 0 Å². The molecule has 2 heterocycles. The summed E-state index contributed by atoms with van der Waals surface area (Å²) >= 11 is 3.69. The molecular formula is C11H14N2O8S. The molecule has 1 saturated heterocycles. The molecule has 0 aliphatic carbocycles. The van der Waals surface area contributed by atoms with Crippen molar-refractivity contribution in [2.24, 2.45) is 0 Å². The number of carbonyl (C=O) groups is 1. The fourth-order valence-electron chi connectivity index (χ4n) is 2.10. The van der Waals surface area contributed by atoms with Crippen LogP contribution in [0.15, 0.2) is 15.8 Å². The number of methoxy groups -OCH3 is 1. The molecule has 1 fully saturated rings. The molecular weight excluding hydrogens is 320 g/mol. The van der Waals surface area contributed by atoms with Gasteiger partial charge < -0.3 is 24.8 Å². The van der Waals surface area contributed by atoms with Gasteiger partial charge in [0.25, 0.3) is 5.56 Å². The quantitative estimate of drug-likeness (QED) is 0.341. The Balaban J connectivity index is 2.57. The van der Waals surface area contributed by atoms with Gasteiger partial charge in [-0.2, -0.15) is 0 Å². The van der Waals surface area contributed by atoms with E-state index in [9.17, 15) is 24.6 Å². The number of hydrogen-bond donors (Lipinski definition) is 4. The van der Waals surface area contributed by atoms with Gasteiger partial charge in [-0.25, -0.2) is 13.6 Å². The standard InChI is InChI=1S/C11H14N2O8S/c1-20-10(18)4-2-12(11(19)13(22)8(4)17)9-7(16)6(15)5(3-14)21-9/h2,5-7,9,14-16,22H,3H2,1H3/t5-,6-,7-,9-/m1/s1. The van der Waals surface area contributed by atoms with Gasteiger partial charge in [-0.1, -0.05) is 12.8 Å². The van der Waals surface area contributed by atoms with Crippen LogP contribution in [-0.2, 0) is 9.47 Å². The van der Waals surface area contributed by atoms with E-state index in [4.69, 9.17) is 9.84 Å². The van der Waals surface area contributed by atoms with E-state index in [1.807, 2.05) is 0 Å². The van der Waals surface area contributed by atoms with Gasteiger partial charge >= 0.3 is 11.7 Å². The second-order valence-electron chi connectivity index (χ2n) is 4.57. The first-order chi connectivity index (χ1) is 10.3. The van der Waals surface area contributed by atoms with Crippen molar-refractivity contribution in [3.05, 3.63) is 32.6 Å². The molecule has 22 heavy (non-hydrogen) atoms. The summed E-state index contributed by atoms with van der Waals surface area (Å²) in [6.45, 7) is -0.589. The van der Waals surface area contributed by atoms with Crippen molar-refractivity contribution in [1.82, 2.24) is 8.54 Å². The molecule has 122 valence electrons. The zero-order valence-electron chi connectivity index (χ0n) is 11.3. The van der Waals surface area contributed by atoms with E-state index < -0.39 is 53.9 Å². The lowest BCUT2D eigenvalue weighted by molar-refractivity contribution is -0.0552. The Morgan fingerprint density at radius 1 is 1.41 bits per heavy atom. The van der Waals surface area contributed by atoms with Gasteiger partial charge in [0.05, 0.1) is 13.7 Å². The molecule has 0 bridgehead atoms.